The van der Waals surface area contributed by atoms with Gasteiger partial charge in [-0.25, -0.2) is 9.97 Å². The van der Waals surface area contributed by atoms with Crippen LogP contribution < -0.4 is 5.32 Å². The Kier molecular flexibility index (Phi) is 3.72. The average molecular weight is 333 g/mol. The van der Waals surface area contributed by atoms with E-state index in [0.29, 0.717) is 0 Å². The number of nitrogens with one attached hydrogen (secondary N) is 2. The van der Waals surface area contributed by atoms with Gasteiger partial charge < -0.3 is 14.7 Å². The lowest BCUT2D eigenvalue weighted by atomic mass is 10.2. The number of H-pyrrole nitrogens is 1. The minimum Gasteiger partial charge on any atom is -0.346 e. The van der Waals surface area contributed by atoms with Gasteiger partial charge in [-0.3, -0.25) is 4.79 Å². The summed E-state index contributed by atoms with van der Waals surface area (Å²) in [5, 5.41) is 3.00. The number of carbonyl (C=O) groups is 1. The summed E-state index contributed by atoms with van der Waals surface area (Å²) in [5.41, 5.74) is 4.71. The Hall–Kier alpha value is -3.15. The molecule has 0 saturated carbocycles. The first-order valence-corrected chi connectivity index (χ1v) is 8.27. The Morgan fingerprint density at radius 2 is 2.12 bits per heavy atom. The fourth-order valence-electron chi connectivity index (χ4n) is 3.04. The van der Waals surface area contributed by atoms with Crippen LogP contribution in [-0.4, -0.2) is 25.3 Å². The highest BCUT2D eigenvalue weighted by atomic mass is 16.1. The van der Waals surface area contributed by atoms with Gasteiger partial charge in [0.2, 0.25) is 5.91 Å². The van der Waals surface area contributed by atoms with Gasteiger partial charge in [0.15, 0.2) is 0 Å². The third-order valence-electron chi connectivity index (χ3n) is 4.34. The van der Waals surface area contributed by atoms with E-state index in [4.69, 9.17) is 0 Å². The van der Waals surface area contributed by atoms with Gasteiger partial charge in [-0.1, -0.05) is 18.2 Å². The lowest BCUT2D eigenvalue weighted by Crippen LogP contribution is -2.29. The summed E-state index contributed by atoms with van der Waals surface area (Å²) < 4.78 is 1.96. The van der Waals surface area contributed by atoms with Gasteiger partial charge in [0.1, 0.15) is 11.5 Å². The molecule has 0 spiro atoms. The molecule has 0 fully saturated rings. The first-order chi connectivity index (χ1) is 12.1. The molecule has 2 N–H and O–H groups in total. The predicted octanol–water partition coefficient (Wildman–Crippen LogP) is 2.94. The lowest BCUT2D eigenvalue weighted by Gasteiger charge is -2.11. The maximum atomic E-state index is 12.4. The highest BCUT2D eigenvalue weighted by Gasteiger charge is 2.15. The summed E-state index contributed by atoms with van der Waals surface area (Å²) in [5.74, 6) is 0.694. The molecule has 1 aromatic carbocycles. The quantitative estimate of drug-likeness (QED) is 0.603. The number of pyridine rings is 1. The van der Waals surface area contributed by atoms with Crippen LogP contribution in [0.15, 0.2) is 48.8 Å². The Labute approximate surface area is 144 Å². The van der Waals surface area contributed by atoms with Crippen LogP contribution in [0, 0.1) is 6.92 Å². The van der Waals surface area contributed by atoms with Crippen molar-refractivity contribution >= 4 is 22.6 Å². The minimum atomic E-state index is -0.194. The van der Waals surface area contributed by atoms with E-state index >= 15 is 0 Å². The Morgan fingerprint density at radius 3 is 2.96 bits per heavy atom. The standard InChI is InChI=1S/C19H19N5O/c1-12-6-5-9-24-14(11-20-19(12)24)10-17(25)21-13(2)18-22-15-7-3-4-8-16(15)23-18/h3-9,11,13H,10H2,1-2H3,(H,21,25)(H,22,23). The molecule has 0 radical (unpaired) electrons. The number of hydrogen-bond acceptors (Lipinski definition) is 3. The van der Waals surface area contributed by atoms with Crippen molar-refractivity contribution in [3.05, 3.63) is 65.9 Å². The van der Waals surface area contributed by atoms with Crippen molar-refractivity contribution in [3.63, 3.8) is 0 Å². The largest absolute Gasteiger partial charge is 0.346 e. The van der Waals surface area contributed by atoms with Crippen molar-refractivity contribution in [1.82, 2.24) is 24.7 Å². The summed E-state index contributed by atoms with van der Waals surface area (Å²) >= 11 is 0. The number of benzene rings is 1. The van der Waals surface area contributed by atoms with E-state index in [1.807, 2.05) is 60.8 Å². The van der Waals surface area contributed by atoms with E-state index in [2.05, 4.69) is 20.3 Å². The second-order valence-electron chi connectivity index (χ2n) is 6.24. The number of aromatic amines is 1. The number of nitrogens with zero attached hydrogens (tertiary/aromatic N) is 3. The van der Waals surface area contributed by atoms with Crippen molar-refractivity contribution in [1.29, 1.82) is 0 Å². The normalized spacial score (nSPS) is 12.6. The summed E-state index contributed by atoms with van der Waals surface area (Å²) in [6.07, 6.45) is 3.96. The number of fused-ring (bicyclic) bond motifs is 2. The molecule has 1 atom stereocenters. The van der Waals surface area contributed by atoms with Crippen LogP contribution in [0.2, 0.25) is 0 Å². The van der Waals surface area contributed by atoms with Crippen LogP contribution >= 0.6 is 0 Å². The van der Waals surface area contributed by atoms with E-state index in [1.54, 1.807) is 6.20 Å². The predicted molar refractivity (Wildman–Crippen MR) is 96.3 cm³/mol. The fourth-order valence-corrected chi connectivity index (χ4v) is 3.04. The van der Waals surface area contributed by atoms with E-state index < -0.39 is 0 Å². The van der Waals surface area contributed by atoms with E-state index in [9.17, 15) is 4.79 Å². The molecule has 25 heavy (non-hydrogen) atoms. The molecule has 0 bridgehead atoms. The summed E-state index contributed by atoms with van der Waals surface area (Å²) in [6.45, 7) is 3.93. The average Bonchev–Trinajstić information content (AvgIpc) is 3.20. The molecule has 6 nitrogen and oxygen atoms in total. The van der Waals surface area contributed by atoms with Crippen LogP contribution in [-0.2, 0) is 11.2 Å². The molecule has 1 unspecified atom stereocenters. The monoisotopic (exact) mass is 333 g/mol. The highest BCUT2D eigenvalue weighted by Crippen LogP contribution is 2.16. The van der Waals surface area contributed by atoms with Gasteiger partial charge in [0.05, 0.1) is 29.2 Å². The molecule has 126 valence electrons. The Morgan fingerprint density at radius 1 is 1.28 bits per heavy atom. The van der Waals surface area contributed by atoms with Crippen molar-refractivity contribution in [2.75, 3.05) is 0 Å². The number of carbonyl (C=O) groups excluding carboxylic acids is 1. The Balaban J connectivity index is 1.50. The van der Waals surface area contributed by atoms with Crippen molar-refractivity contribution < 1.29 is 4.79 Å². The topological polar surface area (TPSA) is 75.1 Å². The smallest absolute Gasteiger partial charge is 0.226 e. The van der Waals surface area contributed by atoms with E-state index in [0.717, 1.165) is 33.8 Å². The molecule has 0 aliphatic rings. The number of hydrogen-bond donors (Lipinski definition) is 2. The number of rotatable bonds is 4. The zero-order valence-electron chi connectivity index (χ0n) is 14.2. The third kappa shape index (κ3) is 2.87. The maximum absolute atomic E-state index is 12.4. The van der Waals surface area contributed by atoms with Crippen LogP contribution in [0.1, 0.15) is 30.0 Å². The molecule has 1 amide bonds. The van der Waals surface area contributed by atoms with Gasteiger partial charge in [-0.15, -0.1) is 0 Å². The van der Waals surface area contributed by atoms with E-state index in [-0.39, 0.29) is 18.4 Å². The van der Waals surface area contributed by atoms with Gasteiger partial charge in [-0.05, 0) is 37.6 Å². The first-order valence-electron chi connectivity index (χ1n) is 8.27. The maximum Gasteiger partial charge on any atom is 0.226 e. The second-order valence-corrected chi connectivity index (χ2v) is 6.24. The molecule has 0 saturated heterocycles. The number of aryl methyl sites for hydroxylation is 1. The molecular weight excluding hydrogens is 314 g/mol. The summed E-state index contributed by atoms with van der Waals surface area (Å²) in [4.78, 5) is 24.6. The van der Waals surface area contributed by atoms with Crippen molar-refractivity contribution in [3.8, 4) is 0 Å². The Bertz CT molecular complexity index is 1030. The van der Waals surface area contributed by atoms with Crippen LogP contribution in [0.4, 0.5) is 0 Å². The second kappa shape index (κ2) is 6.05. The van der Waals surface area contributed by atoms with Gasteiger partial charge in [-0.2, -0.15) is 0 Å². The van der Waals surface area contributed by atoms with Crippen LogP contribution in [0.3, 0.4) is 0 Å². The molecular formula is C19H19N5O. The third-order valence-corrected chi connectivity index (χ3v) is 4.34. The molecule has 0 aliphatic heterocycles. The van der Waals surface area contributed by atoms with Crippen molar-refractivity contribution in [2.24, 2.45) is 0 Å². The fraction of sp³-hybridized carbons (Fsp3) is 0.211. The minimum absolute atomic E-state index is 0.0590. The molecule has 6 heteroatoms. The van der Waals surface area contributed by atoms with Gasteiger partial charge in [0.25, 0.3) is 0 Å². The zero-order valence-corrected chi connectivity index (χ0v) is 14.2. The first kappa shape index (κ1) is 15.4. The van der Waals surface area contributed by atoms with E-state index in [1.165, 1.54) is 0 Å². The SMILES string of the molecule is Cc1cccn2c(CC(=O)NC(C)c3nc4ccccc4[nH]3)cnc12. The molecule has 3 aromatic heterocycles. The van der Waals surface area contributed by atoms with Gasteiger partial charge >= 0.3 is 0 Å². The zero-order chi connectivity index (χ0) is 17.4. The summed E-state index contributed by atoms with van der Waals surface area (Å²) in [7, 11) is 0. The molecule has 4 rings (SSSR count). The highest BCUT2D eigenvalue weighted by molar-refractivity contribution is 5.79. The lowest BCUT2D eigenvalue weighted by molar-refractivity contribution is -0.121. The number of amides is 1. The van der Waals surface area contributed by atoms with Crippen molar-refractivity contribution in [2.45, 2.75) is 26.3 Å². The van der Waals surface area contributed by atoms with Crippen LogP contribution in [0.25, 0.3) is 16.7 Å². The number of para-hydroxylation sites is 2. The number of imidazole rings is 2. The molecule has 4 aromatic rings. The van der Waals surface area contributed by atoms with Crippen LogP contribution in [0.5, 0.6) is 0 Å². The molecule has 0 aliphatic carbocycles. The molecule has 3 heterocycles. The number of aromatic nitrogens is 4. The van der Waals surface area contributed by atoms with Gasteiger partial charge in [0, 0.05) is 12.4 Å². The summed E-state index contributed by atoms with van der Waals surface area (Å²) in [6, 6.07) is 11.6.